The van der Waals surface area contributed by atoms with Crippen LogP contribution in [0.1, 0.15) is 5.56 Å². The average Bonchev–Trinajstić information content (AvgIpc) is 2.93. The molecule has 3 aromatic rings. The van der Waals surface area contributed by atoms with Crippen LogP contribution in [0.15, 0.2) is 28.9 Å². The van der Waals surface area contributed by atoms with Crippen molar-refractivity contribution in [2.75, 3.05) is 12.4 Å². The van der Waals surface area contributed by atoms with Crippen molar-refractivity contribution in [3.05, 3.63) is 30.0 Å². The molecule has 0 aliphatic carbocycles. The highest BCUT2D eigenvalue weighted by Crippen LogP contribution is 2.24. The topological polar surface area (TPSA) is 66.7 Å². The second-order valence-electron chi connectivity index (χ2n) is 3.84. The van der Waals surface area contributed by atoms with E-state index in [1.807, 2.05) is 32.2 Å². The molecule has 3 heterocycles. The molecule has 3 aromatic heterocycles. The number of imidazole rings is 1. The first-order valence-corrected chi connectivity index (χ1v) is 5.37. The quantitative estimate of drug-likeness (QED) is 0.707. The van der Waals surface area contributed by atoms with Crippen LogP contribution in [0.3, 0.4) is 0 Å². The highest BCUT2D eigenvalue weighted by molar-refractivity contribution is 5.77. The zero-order chi connectivity index (χ0) is 11.8. The second kappa shape index (κ2) is 3.62. The van der Waals surface area contributed by atoms with E-state index < -0.39 is 0 Å². The number of hydrogen-bond donors (Lipinski definition) is 2. The van der Waals surface area contributed by atoms with Crippen molar-refractivity contribution in [1.82, 2.24) is 15.0 Å². The maximum absolute atomic E-state index is 5.40. The van der Waals surface area contributed by atoms with Gasteiger partial charge in [-0.1, -0.05) is 0 Å². The van der Waals surface area contributed by atoms with Gasteiger partial charge in [0.2, 0.25) is 0 Å². The fraction of sp³-hybridized carbons (Fsp3) is 0.167. The van der Waals surface area contributed by atoms with Gasteiger partial charge in [0.15, 0.2) is 17.2 Å². The summed E-state index contributed by atoms with van der Waals surface area (Å²) in [6.07, 6.45) is 1.66. The Bertz CT molecular complexity index is 668. The molecule has 3 rings (SSSR count). The van der Waals surface area contributed by atoms with E-state index in [9.17, 15) is 0 Å². The fourth-order valence-electron chi connectivity index (χ4n) is 1.75. The zero-order valence-corrected chi connectivity index (χ0v) is 9.61. The monoisotopic (exact) mass is 228 g/mol. The summed E-state index contributed by atoms with van der Waals surface area (Å²) in [4.78, 5) is 12.0. The number of H-pyrrole nitrogens is 1. The van der Waals surface area contributed by atoms with E-state index in [4.69, 9.17) is 4.42 Å². The molecular formula is C12H12N4O. The van der Waals surface area contributed by atoms with Gasteiger partial charge in [-0.3, -0.25) is 0 Å². The normalized spacial score (nSPS) is 10.9. The molecule has 0 aromatic carbocycles. The molecule has 0 saturated heterocycles. The summed E-state index contributed by atoms with van der Waals surface area (Å²) in [7, 11) is 1.83. The summed E-state index contributed by atoms with van der Waals surface area (Å²) in [5.41, 5.74) is 2.63. The van der Waals surface area contributed by atoms with Crippen molar-refractivity contribution < 1.29 is 4.42 Å². The van der Waals surface area contributed by atoms with Crippen molar-refractivity contribution in [3.63, 3.8) is 0 Å². The minimum absolute atomic E-state index is 0.683. The lowest BCUT2D eigenvalue weighted by Crippen LogP contribution is -1.91. The minimum Gasteiger partial charge on any atom is -0.461 e. The fourth-order valence-corrected chi connectivity index (χ4v) is 1.75. The van der Waals surface area contributed by atoms with Gasteiger partial charge in [-0.15, -0.1) is 0 Å². The molecule has 0 saturated carbocycles. The summed E-state index contributed by atoms with van der Waals surface area (Å²) in [5, 5.41) is 2.99. The Morgan fingerprint density at radius 1 is 1.24 bits per heavy atom. The molecule has 0 fully saturated rings. The van der Waals surface area contributed by atoms with Gasteiger partial charge in [0.05, 0.1) is 11.8 Å². The smallest absolute Gasteiger partial charge is 0.180 e. The highest BCUT2D eigenvalue weighted by atomic mass is 16.3. The molecule has 0 atom stereocenters. The first-order valence-electron chi connectivity index (χ1n) is 5.37. The van der Waals surface area contributed by atoms with Crippen molar-refractivity contribution in [2.45, 2.75) is 6.92 Å². The van der Waals surface area contributed by atoms with Crippen molar-refractivity contribution in [3.8, 4) is 11.6 Å². The zero-order valence-electron chi connectivity index (χ0n) is 9.61. The Balaban J connectivity index is 2.17. The second-order valence-corrected chi connectivity index (χ2v) is 3.84. The molecular weight excluding hydrogens is 216 g/mol. The van der Waals surface area contributed by atoms with Crippen LogP contribution in [0.5, 0.6) is 0 Å². The van der Waals surface area contributed by atoms with Crippen LogP contribution in [0.25, 0.3) is 22.7 Å². The molecule has 0 aliphatic heterocycles. The molecule has 5 nitrogen and oxygen atoms in total. The molecule has 0 unspecified atom stereocenters. The number of nitrogens with one attached hydrogen (secondary N) is 2. The largest absolute Gasteiger partial charge is 0.461 e. The Labute approximate surface area is 97.9 Å². The highest BCUT2D eigenvalue weighted by Gasteiger charge is 2.11. The van der Waals surface area contributed by atoms with E-state index in [0.717, 1.165) is 22.7 Å². The van der Waals surface area contributed by atoms with Crippen molar-refractivity contribution in [1.29, 1.82) is 0 Å². The molecule has 17 heavy (non-hydrogen) atoms. The summed E-state index contributed by atoms with van der Waals surface area (Å²) in [5.74, 6) is 2.27. The molecule has 86 valence electrons. The van der Waals surface area contributed by atoms with Crippen LogP contribution in [-0.4, -0.2) is 22.0 Å². The molecule has 0 bridgehead atoms. The standard InChI is InChI=1S/C12H12N4O/c1-7-5-6-17-10(7)12-14-8-3-4-9(13-2)15-11(8)16-12/h3-6H,1-2H3,(H2,13,14,15,16). The number of nitrogens with zero attached hydrogens (tertiary/aromatic N) is 2. The number of anilines is 1. The Kier molecular flexibility index (Phi) is 2.11. The number of rotatable bonds is 2. The number of pyridine rings is 1. The Morgan fingerprint density at radius 2 is 2.12 bits per heavy atom. The summed E-state index contributed by atoms with van der Waals surface area (Å²) >= 11 is 0. The van der Waals surface area contributed by atoms with E-state index in [-0.39, 0.29) is 0 Å². The molecule has 0 radical (unpaired) electrons. The van der Waals surface area contributed by atoms with E-state index in [1.54, 1.807) is 6.26 Å². The van der Waals surface area contributed by atoms with E-state index in [1.165, 1.54) is 0 Å². The lowest BCUT2D eigenvalue weighted by molar-refractivity contribution is 0.577. The maximum Gasteiger partial charge on any atom is 0.180 e. The van der Waals surface area contributed by atoms with Crippen LogP contribution in [0.2, 0.25) is 0 Å². The van der Waals surface area contributed by atoms with E-state index in [2.05, 4.69) is 20.3 Å². The van der Waals surface area contributed by atoms with E-state index in [0.29, 0.717) is 11.5 Å². The SMILES string of the molecule is CNc1ccc2[nH]c(-c3occc3C)nc2n1. The number of aryl methyl sites for hydroxylation is 1. The number of furan rings is 1. The number of fused-ring (bicyclic) bond motifs is 1. The predicted molar refractivity (Wildman–Crippen MR) is 65.9 cm³/mol. The lowest BCUT2D eigenvalue weighted by Gasteiger charge is -1.95. The number of hydrogen-bond acceptors (Lipinski definition) is 4. The lowest BCUT2D eigenvalue weighted by atomic mass is 10.3. The molecule has 0 aliphatic rings. The summed E-state index contributed by atoms with van der Waals surface area (Å²) < 4.78 is 5.40. The van der Waals surface area contributed by atoms with Crippen molar-refractivity contribution >= 4 is 17.0 Å². The maximum atomic E-state index is 5.40. The minimum atomic E-state index is 0.683. The molecule has 2 N–H and O–H groups in total. The Morgan fingerprint density at radius 3 is 2.82 bits per heavy atom. The van der Waals surface area contributed by atoms with Gasteiger partial charge in [0.25, 0.3) is 0 Å². The summed E-state index contributed by atoms with van der Waals surface area (Å²) in [6, 6.07) is 5.76. The van der Waals surface area contributed by atoms with Crippen LogP contribution < -0.4 is 5.32 Å². The average molecular weight is 228 g/mol. The van der Waals surface area contributed by atoms with Gasteiger partial charge >= 0.3 is 0 Å². The first kappa shape index (κ1) is 9.89. The third-order valence-corrected chi connectivity index (χ3v) is 2.68. The summed E-state index contributed by atoms with van der Waals surface area (Å²) in [6.45, 7) is 1.98. The van der Waals surface area contributed by atoms with Crippen LogP contribution in [-0.2, 0) is 0 Å². The van der Waals surface area contributed by atoms with E-state index >= 15 is 0 Å². The van der Waals surface area contributed by atoms with Crippen LogP contribution in [0.4, 0.5) is 5.82 Å². The van der Waals surface area contributed by atoms with Crippen LogP contribution in [0, 0.1) is 6.92 Å². The third kappa shape index (κ3) is 1.56. The van der Waals surface area contributed by atoms with Gasteiger partial charge in [-0.25, -0.2) is 9.97 Å². The number of aromatic amines is 1. The van der Waals surface area contributed by atoms with Crippen molar-refractivity contribution in [2.24, 2.45) is 0 Å². The van der Waals surface area contributed by atoms with Gasteiger partial charge in [-0.2, -0.15) is 0 Å². The predicted octanol–water partition coefficient (Wildman–Crippen LogP) is 2.57. The van der Waals surface area contributed by atoms with Gasteiger partial charge in [0, 0.05) is 7.05 Å². The molecule has 0 amide bonds. The molecule has 5 heteroatoms. The molecule has 0 spiro atoms. The third-order valence-electron chi connectivity index (χ3n) is 2.68. The first-order chi connectivity index (χ1) is 8.28. The number of aromatic nitrogens is 3. The van der Waals surface area contributed by atoms with Gasteiger partial charge < -0.3 is 14.7 Å². The van der Waals surface area contributed by atoms with Gasteiger partial charge in [-0.05, 0) is 30.7 Å². The Hall–Kier alpha value is -2.30. The van der Waals surface area contributed by atoms with Gasteiger partial charge in [0.1, 0.15) is 5.82 Å². The van der Waals surface area contributed by atoms with Crippen LogP contribution >= 0.6 is 0 Å².